The number of benzene rings is 1. The van der Waals surface area contributed by atoms with E-state index >= 15 is 0 Å². The van der Waals surface area contributed by atoms with Crippen LogP contribution in [0.1, 0.15) is 20.9 Å². The second-order valence-electron chi connectivity index (χ2n) is 3.72. The van der Waals surface area contributed by atoms with Gasteiger partial charge in [0, 0.05) is 4.88 Å². The van der Waals surface area contributed by atoms with E-state index in [1.807, 2.05) is 13.8 Å². The van der Waals surface area contributed by atoms with E-state index < -0.39 is 5.82 Å². The van der Waals surface area contributed by atoms with Crippen molar-refractivity contribution in [3.05, 3.63) is 44.6 Å². The van der Waals surface area contributed by atoms with Gasteiger partial charge in [-0.05, 0) is 41.9 Å². The summed E-state index contributed by atoms with van der Waals surface area (Å²) in [6.45, 7) is 3.81. The Labute approximate surface area is 116 Å². The number of hydrogen-bond donors (Lipinski definition) is 1. The maximum absolute atomic E-state index is 13.3. The van der Waals surface area contributed by atoms with Crippen LogP contribution >= 0.6 is 27.3 Å². The lowest BCUT2D eigenvalue weighted by atomic mass is 10.2. The lowest BCUT2D eigenvalue weighted by molar-refractivity contribution is 0.102. The highest BCUT2D eigenvalue weighted by molar-refractivity contribution is 9.10. The van der Waals surface area contributed by atoms with E-state index in [-0.39, 0.29) is 15.9 Å². The summed E-state index contributed by atoms with van der Waals surface area (Å²) in [6, 6.07) is 4.34. The van der Waals surface area contributed by atoms with Crippen molar-refractivity contribution in [2.24, 2.45) is 0 Å². The second-order valence-corrected chi connectivity index (χ2v) is 5.71. The number of carbonyl (C=O) groups excluding carboxylic acids is 1. The van der Waals surface area contributed by atoms with Crippen LogP contribution in [0.4, 0.5) is 9.52 Å². The average molecular weight is 329 g/mol. The monoisotopic (exact) mass is 328 g/mol. The molecule has 94 valence electrons. The Morgan fingerprint density at radius 1 is 1.44 bits per heavy atom. The van der Waals surface area contributed by atoms with Crippen LogP contribution in [0.2, 0.25) is 0 Å². The molecule has 0 bridgehead atoms. The summed E-state index contributed by atoms with van der Waals surface area (Å²) in [7, 11) is 0. The minimum Gasteiger partial charge on any atom is -0.298 e. The number of rotatable bonds is 2. The molecule has 3 nitrogen and oxygen atoms in total. The molecule has 0 atom stereocenters. The largest absolute Gasteiger partial charge is 0.298 e. The van der Waals surface area contributed by atoms with Crippen LogP contribution in [-0.2, 0) is 0 Å². The Bertz CT molecular complexity index is 593. The summed E-state index contributed by atoms with van der Waals surface area (Å²) >= 11 is 4.46. The molecule has 1 amide bonds. The van der Waals surface area contributed by atoms with Crippen LogP contribution in [0.5, 0.6) is 0 Å². The molecule has 1 heterocycles. The molecular formula is C12H10BrFN2OS. The average Bonchev–Trinajstić information content (AvgIpc) is 2.61. The summed E-state index contributed by atoms with van der Waals surface area (Å²) in [5.74, 6) is -0.843. The Balaban J connectivity index is 2.24. The Kier molecular flexibility index (Phi) is 3.77. The fourth-order valence-corrected chi connectivity index (χ4v) is 2.62. The minimum atomic E-state index is -0.464. The molecule has 0 aliphatic carbocycles. The Hall–Kier alpha value is -1.27. The Morgan fingerprint density at radius 2 is 2.17 bits per heavy atom. The molecule has 6 heteroatoms. The van der Waals surface area contributed by atoms with Crippen LogP contribution < -0.4 is 5.32 Å². The van der Waals surface area contributed by atoms with Crippen LogP contribution in [0.15, 0.2) is 22.7 Å². The number of nitrogens with zero attached hydrogens (tertiary/aromatic N) is 1. The first-order valence-corrected chi connectivity index (χ1v) is 6.79. The number of hydrogen-bond acceptors (Lipinski definition) is 3. The van der Waals surface area contributed by atoms with Gasteiger partial charge in [0.05, 0.1) is 15.7 Å². The molecule has 0 fully saturated rings. The van der Waals surface area contributed by atoms with Gasteiger partial charge in [-0.1, -0.05) is 6.07 Å². The molecule has 0 aliphatic rings. The zero-order valence-electron chi connectivity index (χ0n) is 9.75. The summed E-state index contributed by atoms with van der Waals surface area (Å²) in [6.07, 6.45) is 0. The third kappa shape index (κ3) is 2.59. The van der Waals surface area contributed by atoms with Crippen LogP contribution in [0, 0.1) is 19.7 Å². The summed E-state index contributed by atoms with van der Waals surface area (Å²) in [4.78, 5) is 17.2. The molecule has 0 spiro atoms. The van der Waals surface area contributed by atoms with Gasteiger partial charge in [0.2, 0.25) is 0 Å². The predicted octanol–water partition coefficient (Wildman–Crippen LogP) is 3.91. The molecule has 0 radical (unpaired) electrons. The molecule has 1 aromatic carbocycles. The molecule has 2 rings (SSSR count). The van der Waals surface area contributed by atoms with Crippen molar-refractivity contribution in [2.75, 3.05) is 5.32 Å². The van der Waals surface area contributed by atoms with Crippen molar-refractivity contribution in [1.82, 2.24) is 4.98 Å². The van der Waals surface area contributed by atoms with Crippen molar-refractivity contribution in [3.8, 4) is 0 Å². The number of halogens is 2. The minimum absolute atomic E-state index is 0.160. The van der Waals surface area contributed by atoms with Gasteiger partial charge in [0.1, 0.15) is 5.82 Å². The normalized spacial score (nSPS) is 10.4. The lowest BCUT2D eigenvalue weighted by Gasteiger charge is -2.04. The second kappa shape index (κ2) is 5.16. The van der Waals surface area contributed by atoms with E-state index in [0.29, 0.717) is 5.13 Å². The van der Waals surface area contributed by atoms with Crippen molar-refractivity contribution in [1.29, 1.82) is 0 Å². The first-order chi connectivity index (χ1) is 8.49. The van der Waals surface area contributed by atoms with Gasteiger partial charge in [-0.2, -0.15) is 0 Å². The van der Waals surface area contributed by atoms with Gasteiger partial charge in [-0.25, -0.2) is 9.37 Å². The molecule has 0 saturated heterocycles. The molecule has 18 heavy (non-hydrogen) atoms. The maximum atomic E-state index is 13.3. The molecule has 1 N–H and O–H groups in total. The molecule has 0 aliphatic heterocycles. The number of amides is 1. The van der Waals surface area contributed by atoms with Gasteiger partial charge in [0.25, 0.3) is 5.91 Å². The number of aromatic nitrogens is 1. The standard InChI is InChI=1S/C12H10BrFN2OS/c1-6-7(2)18-12(15-6)16-11(17)8-4-3-5-9(14)10(8)13/h3-5H,1-2H3,(H,15,16,17). The van der Waals surface area contributed by atoms with E-state index in [1.54, 1.807) is 6.07 Å². The highest BCUT2D eigenvalue weighted by Crippen LogP contribution is 2.24. The van der Waals surface area contributed by atoms with E-state index in [2.05, 4.69) is 26.2 Å². The van der Waals surface area contributed by atoms with Gasteiger partial charge >= 0.3 is 0 Å². The van der Waals surface area contributed by atoms with Gasteiger partial charge in [-0.15, -0.1) is 11.3 Å². The lowest BCUT2D eigenvalue weighted by Crippen LogP contribution is -2.12. The first kappa shape index (κ1) is 13.2. The van der Waals surface area contributed by atoms with Crippen molar-refractivity contribution in [2.45, 2.75) is 13.8 Å². The molecular weight excluding hydrogens is 319 g/mol. The van der Waals surface area contributed by atoms with E-state index in [1.165, 1.54) is 23.5 Å². The Morgan fingerprint density at radius 3 is 2.78 bits per heavy atom. The highest BCUT2D eigenvalue weighted by atomic mass is 79.9. The summed E-state index contributed by atoms with van der Waals surface area (Å²) in [5, 5.41) is 3.18. The highest BCUT2D eigenvalue weighted by Gasteiger charge is 2.14. The predicted molar refractivity (Wildman–Crippen MR) is 73.6 cm³/mol. The quantitative estimate of drug-likeness (QED) is 0.907. The van der Waals surface area contributed by atoms with Crippen molar-refractivity contribution in [3.63, 3.8) is 0 Å². The van der Waals surface area contributed by atoms with Crippen molar-refractivity contribution >= 4 is 38.3 Å². The molecule has 0 unspecified atom stereocenters. The third-order valence-corrected chi connectivity index (χ3v) is 4.24. The SMILES string of the molecule is Cc1nc(NC(=O)c2cccc(F)c2Br)sc1C. The van der Waals surface area contributed by atoms with Crippen LogP contribution in [0.25, 0.3) is 0 Å². The van der Waals surface area contributed by atoms with Gasteiger partial charge in [0.15, 0.2) is 5.13 Å². The van der Waals surface area contributed by atoms with E-state index in [4.69, 9.17) is 0 Å². The van der Waals surface area contributed by atoms with Crippen LogP contribution in [0.3, 0.4) is 0 Å². The maximum Gasteiger partial charge on any atom is 0.258 e. The van der Waals surface area contributed by atoms with Gasteiger partial charge < -0.3 is 0 Å². The topological polar surface area (TPSA) is 42.0 Å². The van der Waals surface area contributed by atoms with Crippen molar-refractivity contribution < 1.29 is 9.18 Å². The zero-order valence-corrected chi connectivity index (χ0v) is 12.2. The number of carbonyl (C=O) groups is 1. The fraction of sp³-hybridized carbons (Fsp3) is 0.167. The van der Waals surface area contributed by atoms with E-state index in [0.717, 1.165) is 10.6 Å². The number of nitrogens with one attached hydrogen (secondary N) is 1. The zero-order chi connectivity index (χ0) is 13.3. The fourth-order valence-electron chi connectivity index (χ4n) is 1.37. The smallest absolute Gasteiger partial charge is 0.258 e. The summed E-state index contributed by atoms with van der Waals surface area (Å²) in [5.41, 5.74) is 1.13. The number of aryl methyl sites for hydroxylation is 2. The first-order valence-electron chi connectivity index (χ1n) is 5.18. The third-order valence-electron chi connectivity index (χ3n) is 2.45. The number of thiazole rings is 1. The number of anilines is 1. The molecule has 1 aromatic heterocycles. The van der Waals surface area contributed by atoms with Crippen LogP contribution in [-0.4, -0.2) is 10.9 Å². The van der Waals surface area contributed by atoms with E-state index in [9.17, 15) is 9.18 Å². The molecule has 2 aromatic rings. The summed E-state index contributed by atoms with van der Waals surface area (Å²) < 4.78 is 13.5. The van der Waals surface area contributed by atoms with Gasteiger partial charge in [-0.3, -0.25) is 10.1 Å². The molecule has 0 saturated carbocycles.